The van der Waals surface area contributed by atoms with E-state index >= 15 is 0 Å². The second-order valence-corrected chi connectivity index (χ2v) is 6.82. The molecule has 0 atom stereocenters. The van der Waals surface area contributed by atoms with Gasteiger partial charge in [0.1, 0.15) is 0 Å². The number of hydrogen-bond donors (Lipinski definition) is 0. The second-order valence-electron chi connectivity index (χ2n) is 6.82. The lowest BCUT2D eigenvalue weighted by atomic mass is 9.97. The molecule has 2 aliphatic rings. The average molecular weight is 320 g/mol. The number of amides is 1. The van der Waals surface area contributed by atoms with Crippen molar-refractivity contribution in [2.24, 2.45) is 5.92 Å². The van der Waals surface area contributed by atoms with E-state index in [1.807, 2.05) is 11.8 Å². The van der Waals surface area contributed by atoms with E-state index < -0.39 is 0 Å². The number of ether oxygens (including phenoxy) is 1. The minimum atomic E-state index is 0.255. The number of piperidine rings is 1. The highest BCUT2D eigenvalue weighted by atomic mass is 16.5. The maximum Gasteiger partial charge on any atom is 0.236 e. The van der Waals surface area contributed by atoms with E-state index in [2.05, 4.69) is 27.7 Å². The molecular formula is C17H28N4O2. The van der Waals surface area contributed by atoms with Crippen LogP contribution in [0.4, 0.5) is 0 Å². The molecule has 0 N–H and O–H groups in total. The molecule has 23 heavy (non-hydrogen) atoms. The number of nitrogens with zero attached hydrogens (tertiary/aromatic N) is 4. The van der Waals surface area contributed by atoms with Crippen LogP contribution in [0.15, 0.2) is 6.07 Å². The van der Waals surface area contributed by atoms with E-state index in [9.17, 15) is 4.79 Å². The van der Waals surface area contributed by atoms with Crippen molar-refractivity contribution in [1.29, 1.82) is 0 Å². The summed E-state index contributed by atoms with van der Waals surface area (Å²) in [5.74, 6) is 0.924. The van der Waals surface area contributed by atoms with Crippen LogP contribution in [-0.4, -0.2) is 71.4 Å². The molecule has 0 aliphatic carbocycles. The fourth-order valence-electron chi connectivity index (χ4n) is 3.54. The Kier molecular flexibility index (Phi) is 5.33. The van der Waals surface area contributed by atoms with Gasteiger partial charge in [-0.3, -0.25) is 14.4 Å². The van der Waals surface area contributed by atoms with Crippen LogP contribution in [0.2, 0.25) is 0 Å². The third kappa shape index (κ3) is 4.32. The lowest BCUT2D eigenvalue weighted by Gasteiger charge is -2.34. The number of likely N-dealkylation sites (tertiary alicyclic amines) is 1. The van der Waals surface area contributed by atoms with Crippen molar-refractivity contribution in [1.82, 2.24) is 19.6 Å². The predicted molar refractivity (Wildman–Crippen MR) is 88.3 cm³/mol. The van der Waals surface area contributed by atoms with Crippen molar-refractivity contribution in [2.45, 2.75) is 33.2 Å². The number of carbonyl (C=O) groups is 1. The molecule has 2 aliphatic heterocycles. The first-order chi connectivity index (χ1) is 11.1. The monoisotopic (exact) mass is 320 g/mol. The Labute approximate surface area is 138 Å². The maximum absolute atomic E-state index is 12.3. The van der Waals surface area contributed by atoms with Crippen LogP contribution in [0.1, 0.15) is 24.2 Å². The summed E-state index contributed by atoms with van der Waals surface area (Å²) < 4.78 is 7.44. The molecule has 6 heteroatoms. The third-order valence-electron chi connectivity index (χ3n) is 4.96. The lowest BCUT2D eigenvalue weighted by molar-refractivity contribution is -0.136. The van der Waals surface area contributed by atoms with Crippen molar-refractivity contribution >= 4 is 5.91 Å². The van der Waals surface area contributed by atoms with Crippen LogP contribution in [0.3, 0.4) is 0 Å². The van der Waals surface area contributed by atoms with Gasteiger partial charge in [-0.2, -0.15) is 5.10 Å². The normalized spacial score (nSPS) is 20.9. The Balaban J connectivity index is 1.43. The topological polar surface area (TPSA) is 50.6 Å². The Hall–Kier alpha value is -1.40. The molecule has 2 fully saturated rings. The second kappa shape index (κ2) is 7.45. The van der Waals surface area contributed by atoms with Crippen LogP contribution in [0, 0.1) is 19.8 Å². The lowest BCUT2D eigenvalue weighted by Crippen LogP contribution is -2.47. The minimum Gasteiger partial charge on any atom is -0.378 e. The highest BCUT2D eigenvalue weighted by Crippen LogP contribution is 2.20. The first kappa shape index (κ1) is 16.5. The molecule has 0 radical (unpaired) electrons. The first-order valence-corrected chi connectivity index (χ1v) is 8.71. The average Bonchev–Trinajstić information content (AvgIpc) is 2.87. The number of hydrogen-bond acceptors (Lipinski definition) is 4. The minimum absolute atomic E-state index is 0.255. The molecular weight excluding hydrogens is 292 g/mol. The van der Waals surface area contributed by atoms with Gasteiger partial charge >= 0.3 is 0 Å². The molecule has 3 rings (SSSR count). The standard InChI is InChI=1S/C17H28N4O2/c1-14-11-15(2)21(18-14)12-16-3-5-19(6-4-16)13-17(22)20-7-9-23-10-8-20/h11,16H,3-10,12-13H2,1-2H3. The number of morpholine rings is 1. The van der Waals surface area contributed by atoms with Crippen LogP contribution < -0.4 is 0 Å². The van der Waals surface area contributed by atoms with Crippen LogP contribution in [0.5, 0.6) is 0 Å². The highest BCUT2D eigenvalue weighted by molar-refractivity contribution is 5.78. The molecule has 1 aromatic heterocycles. The molecule has 0 unspecified atom stereocenters. The van der Waals surface area contributed by atoms with E-state index in [4.69, 9.17) is 4.74 Å². The van der Waals surface area contributed by atoms with Gasteiger partial charge < -0.3 is 9.64 Å². The largest absolute Gasteiger partial charge is 0.378 e. The zero-order valence-electron chi connectivity index (χ0n) is 14.3. The molecule has 2 saturated heterocycles. The molecule has 3 heterocycles. The summed E-state index contributed by atoms with van der Waals surface area (Å²) in [5.41, 5.74) is 2.34. The summed E-state index contributed by atoms with van der Waals surface area (Å²) in [6, 6.07) is 2.14. The Morgan fingerprint density at radius 3 is 2.52 bits per heavy atom. The quantitative estimate of drug-likeness (QED) is 0.833. The van der Waals surface area contributed by atoms with Gasteiger partial charge in [-0.05, 0) is 51.8 Å². The predicted octanol–water partition coefficient (Wildman–Crippen LogP) is 1.07. The summed E-state index contributed by atoms with van der Waals surface area (Å²) in [5, 5.41) is 4.56. The van der Waals surface area contributed by atoms with Crippen LogP contribution >= 0.6 is 0 Å². The smallest absolute Gasteiger partial charge is 0.236 e. The van der Waals surface area contributed by atoms with Crippen molar-refractivity contribution < 1.29 is 9.53 Å². The summed E-state index contributed by atoms with van der Waals surface area (Å²) in [6.07, 6.45) is 2.30. The fourth-order valence-corrected chi connectivity index (χ4v) is 3.54. The maximum atomic E-state index is 12.3. The zero-order valence-corrected chi connectivity index (χ0v) is 14.3. The number of rotatable bonds is 4. The van der Waals surface area contributed by atoms with Gasteiger partial charge in [0.25, 0.3) is 0 Å². The summed E-state index contributed by atoms with van der Waals surface area (Å²) in [4.78, 5) is 16.5. The first-order valence-electron chi connectivity index (χ1n) is 8.71. The molecule has 1 aromatic rings. The molecule has 128 valence electrons. The zero-order chi connectivity index (χ0) is 16.2. The summed E-state index contributed by atoms with van der Waals surface area (Å²) in [7, 11) is 0. The van der Waals surface area contributed by atoms with Gasteiger partial charge in [0.05, 0.1) is 25.5 Å². The van der Waals surface area contributed by atoms with Crippen LogP contribution in [-0.2, 0) is 16.1 Å². The van der Waals surface area contributed by atoms with Crippen molar-refractivity contribution in [3.8, 4) is 0 Å². The molecule has 0 aromatic carbocycles. The van der Waals surface area contributed by atoms with Crippen molar-refractivity contribution in [3.63, 3.8) is 0 Å². The van der Waals surface area contributed by atoms with E-state index in [0.29, 0.717) is 25.7 Å². The van der Waals surface area contributed by atoms with Gasteiger partial charge in [0, 0.05) is 25.3 Å². The highest BCUT2D eigenvalue weighted by Gasteiger charge is 2.24. The number of carbonyl (C=O) groups excluding carboxylic acids is 1. The van der Waals surface area contributed by atoms with E-state index in [1.54, 1.807) is 0 Å². The molecule has 0 spiro atoms. The molecule has 6 nitrogen and oxygen atoms in total. The van der Waals surface area contributed by atoms with E-state index in [0.717, 1.165) is 51.3 Å². The van der Waals surface area contributed by atoms with Crippen molar-refractivity contribution in [3.05, 3.63) is 17.5 Å². The Bertz CT molecular complexity index is 529. The SMILES string of the molecule is Cc1cc(C)n(CC2CCN(CC(=O)N3CCOCC3)CC2)n1. The van der Waals surface area contributed by atoms with Gasteiger partial charge in [-0.25, -0.2) is 0 Å². The fraction of sp³-hybridized carbons (Fsp3) is 0.765. The van der Waals surface area contributed by atoms with Gasteiger partial charge in [0.15, 0.2) is 0 Å². The van der Waals surface area contributed by atoms with Gasteiger partial charge in [0.2, 0.25) is 5.91 Å². The number of aromatic nitrogens is 2. The van der Waals surface area contributed by atoms with Crippen molar-refractivity contribution in [2.75, 3.05) is 45.9 Å². The van der Waals surface area contributed by atoms with E-state index in [-0.39, 0.29) is 5.91 Å². The summed E-state index contributed by atoms with van der Waals surface area (Å²) >= 11 is 0. The Morgan fingerprint density at radius 1 is 1.22 bits per heavy atom. The van der Waals surface area contributed by atoms with Gasteiger partial charge in [-0.1, -0.05) is 0 Å². The molecule has 0 saturated carbocycles. The Morgan fingerprint density at radius 2 is 1.91 bits per heavy atom. The molecule has 1 amide bonds. The summed E-state index contributed by atoms with van der Waals surface area (Å²) in [6.45, 7) is 10.6. The van der Waals surface area contributed by atoms with Gasteiger partial charge in [-0.15, -0.1) is 0 Å². The van der Waals surface area contributed by atoms with Crippen LogP contribution in [0.25, 0.3) is 0 Å². The van der Waals surface area contributed by atoms with E-state index in [1.165, 1.54) is 5.69 Å². The number of aryl methyl sites for hydroxylation is 2. The molecule has 0 bridgehead atoms. The third-order valence-corrected chi connectivity index (χ3v) is 4.96.